The Labute approximate surface area is 116 Å². The van der Waals surface area contributed by atoms with E-state index in [1.54, 1.807) is 36.4 Å². The predicted molar refractivity (Wildman–Crippen MR) is 73.1 cm³/mol. The molecule has 0 spiro atoms. The first-order chi connectivity index (χ1) is 9.44. The lowest BCUT2D eigenvalue weighted by molar-refractivity contribution is 0.0923. The van der Waals surface area contributed by atoms with Gasteiger partial charge in [0.25, 0.3) is 5.91 Å². The molecule has 0 unspecified atom stereocenters. The van der Waals surface area contributed by atoms with Crippen molar-refractivity contribution in [3.63, 3.8) is 0 Å². The average molecular weight is 294 g/mol. The van der Waals surface area contributed by atoms with E-state index < -0.39 is 10.0 Å². The van der Waals surface area contributed by atoms with Gasteiger partial charge in [-0.2, -0.15) is 0 Å². The van der Waals surface area contributed by atoms with Gasteiger partial charge < -0.3 is 9.73 Å². The van der Waals surface area contributed by atoms with Crippen LogP contribution in [0.3, 0.4) is 0 Å². The third-order valence-corrected chi connectivity index (χ3v) is 3.32. The number of nitrogens with one attached hydrogen (secondary N) is 1. The Kier molecular flexibility index (Phi) is 4.21. The van der Waals surface area contributed by atoms with Gasteiger partial charge in [0.15, 0.2) is 5.76 Å². The first-order valence-corrected chi connectivity index (χ1v) is 7.55. The largest absolute Gasteiger partial charge is 0.459 e. The van der Waals surface area contributed by atoms with E-state index in [0.29, 0.717) is 12.1 Å². The molecule has 0 saturated heterocycles. The molecule has 1 heterocycles. The molecule has 0 bridgehead atoms. The van der Waals surface area contributed by atoms with E-state index in [1.165, 1.54) is 6.26 Å². The highest BCUT2D eigenvalue weighted by Crippen LogP contribution is 2.07. The van der Waals surface area contributed by atoms with Crippen molar-refractivity contribution in [2.75, 3.05) is 0 Å². The van der Waals surface area contributed by atoms with Gasteiger partial charge in [-0.05, 0) is 23.3 Å². The van der Waals surface area contributed by atoms with Crippen LogP contribution in [-0.2, 0) is 22.3 Å². The van der Waals surface area contributed by atoms with Gasteiger partial charge in [-0.3, -0.25) is 4.79 Å². The number of primary sulfonamides is 1. The molecule has 0 aliphatic rings. The van der Waals surface area contributed by atoms with Crippen molar-refractivity contribution >= 4 is 15.9 Å². The lowest BCUT2D eigenvalue weighted by atomic mass is 10.1. The number of carbonyl (C=O) groups excluding carboxylic acids is 1. The van der Waals surface area contributed by atoms with E-state index in [-0.39, 0.29) is 17.4 Å². The van der Waals surface area contributed by atoms with Crippen molar-refractivity contribution < 1.29 is 17.6 Å². The molecule has 2 rings (SSSR count). The Morgan fingerprint density at radius 2 is 1.80 bits per heavy atom. The smallest absolute Gasteiger partial charge is 0.287 e. The fraction of sp³-hybridized carbons (Fsp3) is 0.154. The summed E-state index contributed by atoms with van der Waals surface area (Å²) in [6.07, 6.45) is 1.43. The quantitative estimate of drug-likeness (QED) is 0.858. The van der Waals surface area contributed by atoms with Crippen LogP contribution in [0.25, 0.3) is 0 Å². The molecular weight excluding hydrogens is 280 g/mol. The SMILES string of the molecule is NS(=O)(=O)Cc1ccc(CNC(=O)c2ccco2)cc1. The number of benzene rings is 1. The first kappa shape index (κ1) is 14.3. The zero-order valence-corrected chi connectivity index (χ0v) is 11.4. The van der Waals surface area contributed by atoms with E-state index >= 15 is 0 Å². The second kappa shape index (κ2) is 5.89. The summed E-state index contributed by atoms with van der Waals surface area (Å²) in [6, 6.07) is 10.0. The summed E-state index contributed by atoms with van der Waals surface area (Å²) in [7, 11) is -3.53. The van der Waals surface area contributed by atoms with E-state index in [0.717, 1.165) is 5.56 Å². The molecule has 0 aliphatic heterocycles. The molecule has 20 heavy (non-hydrogen) atoms. The maximum atomic E-state index is 11.6. The van der Waals surface area contributed by atoms with Crippen molar-refractivity contribution in [3.05, 3.63) is 59.5 Å². The summed E-state index contributed by atoms with van der Waals surface area (Å²) in [5, 5.41) is 7.66. The lowest BCUT2D eigenvalue weighted by Crippen LogP contribution is -2.22. The Hall–Kier alpha value is -2.12. The van der Waals surface area contributed by atoms with Gasteiger partial charge in [0, 0.05) is 6.54 Å². The molecule has 1 aromatic heterocycles. The second-order valence-electron chi connectivity index (χ2n) is 4.28. The van der Waals surface area contributed by atoms with E-state index in [4.69, 9.17) is 9.56 Å². The molecule has 3 N–H and O–H groups in total. The molecule has 106 valence electrons. The fourth-order valence-corrected chi connectivity index (χ4v) is 2.32. The van der Waals surface area contributed by atoms with Crippen LogP contribution in [0.15, 0.2) is 47.1 Å². The van der Waals surface area contributed by atoms with Gasteiger partial charge in [-0.1, -0.05) is 24.3 Å². The number of carbonyl (C=O) groups is 1. The normalized spacial score (nSPS) is 11.2. The summed E-state index contributed by atoms with van der Waals surface area (Å²) in [4.78, 5) is 11.6. The van der Waals surface area contributed by atoms with Crippen LogP contribution < -0.4 is 10.5 Å². The van der Waals surface area contributed by atoms with Gasteiger partial charge in [0.05, 0.1) is 12.0 Å². The number of hydrogen-bond donors (Lipinski definition) is 2. The third kappa shape index (κ3) is 4.22. The molecule has 0 fully saturated rings. The number of furan rings is 1. The van der Waals surface area contributed by atoms with Crippen molar-refractivity contribution in [2.45, 2.75) is 12.3 Å². The van der Waals surface area contributed by atoms with Crippen LogP contribution in [0.5, 0.6) is 0 Å². The van der Waals surface area contributed by atoms with E-state index in [2.05, 4.69) is 5.32 Å². The van der Waals surface area contributed by atoms with Crippen LogP contribution in [0.2, 0.25) is 0 Å². The van der Waals surface area contributed by atoms with E-state index in [9.17, 15) is 13.2 Å². The third-order valence-electron chi connectivity index (χ3n) is 2.59. The number of hydrogen-bond acceptors (Lipinski definition) is 4. The molecule has 7 heteroatoms. The van der Waals surface area contributed by atoms with Crippen molar-refractivity contribution in [3.8, 4) is 0 Å². The van der Waals surface area contributed by atoms with Crippen LogP contribution in [-0.4, -0.2) is 14.3 Å². The maximum absolute atomic E-state index is 11.6. The minimum atomic E-state index is -3.53. The zero-order valence-electron chi connectivity index (χ0n) is 10.6. The maximum Gasteiger partial charge on any atom is 0.287 e. The number of amides is 1. The summed E-state index contributed by atoms with van der Waals surface area (Å²) < 4.78 is 26.8. The van der Waals surface area contributed by atoms with Gasteiger partial charge in [-0.25, -0.2) is 13.6 Å². The van der Waals surface area contributed by atoms with Gasteiger partial charge >= 0.3 is 0 Å². The van der Waals surface area contributed by atoms with Crippen LogP contribution in [0.4, 0.5) is 0 Å². The summed E-state index contributed by atoms with van der Waals surface area (Å²) in [5.74, 6) is -0.258. The Bertz CT molecular complexity index is 676. The molecule has 2 aromatic rings. The second-order valence-corrected chi connectivity index (χ2v) is 5.90. The Morgan fingerprint density at radius 3 is 2.35 bits per heavy atom. The number of nitrogens with two attached hydrogens (primary N) is 1. The molecule has 6 nitrogen and oxygen atoms in total. The summed E-state index contributed by atoms with van der Waals surface area (Å²) >= 11 is 0. The molecule has 1 aromatic carbocycles. The van der Waals surface area contributed by atoms with Crippen molar-refractivity contribution in [1.82, 2.24) is 5.32 Å². The highest BCUT2D eigenvalue weighted by Gasteiger charge is 2.08. The monoisotopic (exact) mass is 294 g/mol. The highest BCUT2D eigenvalue weighted by molar-refractivity contribution is 7.88. The minimum Gasteiger partial charge on any atom is -0.459 e. The summed E-state index contributed by atoms with van der Waals surface area (Å²) in [6.45, 7) is 0.329. The average Bonchev–Trinajstić information content (AvgIpc) is 2.89. The number of sulfonamides is 1. The first-order valence-electron chi connectivity index (χ1n) is 5.84. The predicted octanol–water partition coefficient (Wildman–Crippen LogP) is 0.998. The molecule has 0 atom stereocenters. The van der Waals surface area contributed by atoms with Gasteiger partial charge in [-0.15, -0.1) is 0 Å². The van der Waals surface area contributed by atoms with Crippen LogP contribution in [0.1, 0.15) is 21.7 Å². The molecule has 0 saturated carbocycles. The van der Waals surface area contributed by atoms with Gasteiger partial charge in [0.1, 0.15) is 0 Å². The molecular formula is C13H14N2O4S. The van der Waals surface area contributed by atoms with Crippen molar-refractivity contribution in [1.29, 1.82) is 0 Å². The fourth-order valence-electron chi connectivity index (χ4n) is 1.66. The highest BCUT2D eigenvalue weighted by atomic mass is 32.2. The Morgan fingerprint density at radius 1 is 1.15 bits per heavy atom. The van der Waals surface area contributed by atoms with Crippen molar-refractivity contribution in [2.24, 2.45) is 5.14 Å². The van der Waals surface area contributed by atoms with Gasteiger partial charge in [0.2, 0.25) is 10.0 Å². The molecule has 0 aliphatic carbocycles. The minimum absolute atomic E-state index is 0.202. The number of rotatable bonds is 5. The van der Waals surface area contributed by atoms with Crippen LogP contribution >= 0.6 is 0 Å². The lowest BCUT2D eigenvalue weighted by Gasteiger charge is -2.05. The van der Waals surface area contributed by atoms with Crippen LogP contribution in [0, 0.1) is 0 Å². The van der Waals surface area contributed by atoms with E-state index in [1.807, 2.05) is 0 Å². The molecule has 0 radical (unpaired) electrons. The topological polar surface area (TPSA) is 102 Å². The standard InChI is InChI=1S/C13H14N2O4S/c14-20(17,18)9-11-5-3-10(4-6-11)8-15-13(16)12-2-1-7-19-12/h1-7H,8-9H2,(H,15,16)(H2,14,17,18). The zero-order chi connectivity index (χ0) is 14.6. The Balaban J connectivity index is 1.93. The summed E-state index contributed by atoms with van der Waals surface area (Å²) in [5.41, 5.74) is 1.46. The molecule has 1 amide bonds.